The molecule has 5 heteroatoms. The highest BCUT2D eigenvalue weighted by Crippen LogP contribution is 2.20. The van der Waals surface area contributed by atoms with Crippen molar-refractivity contribution in [3.8, 4) is 6.07 Å². The molecule has 0 fully saturated rings. The van der Waals surface area contributed by atoms with Crippen molar-refractivity contribution in [2.24, 2.45) is 0 Å². The molecule has 0 saturated carbocycles. The third kappa shape index (κ3) is 2.62. The average Bonchev–Trinajstić information content (AvgIpc) is 2.25. The average molecular weight is 204 g/mol. The van der Waals surface area contributed by atoms with Gasteiger partial charge in [0.1, 0.15) is 11.6 Å². The summed E-state index contributed by atoms with van der Waals surface area (Å²) in [5.74, 6) is 0. The van der Waals surface area contributed by atoms with E-state index < -0.39 is 4.92 Å². The van der Waals surface area contributed by atoms with Gasteiger partial charge in [0.05, 0.1) is 11.5 Å². The summed E-state index contributed by atoms with van der Waals surface area (Å²) in [5.41, 5.74) is 0.383. The Bertz CT molecular complexity index is 446. The number of benzene rings is 1. The van der Waals surface area contributed by atoms with E-state index in [1.165, 1.54) is 18.2 Å². The monoisotopic (exact) mass is 204 g/mol. The van der Waals surface area contributed by atoms with Crippen molar-refractivity contribution in [3.05, 3.63) is 45.5 Å². The first-order valence-electron chi connectivity index (χ1n) is 4.15. The van der Waals surface area contributed by atoms with Gasteiger partial charge in [-0.2, -0.15) is 5.26 Å². The Morgan fingerprint density at radius 1 is 1.60 bits per heavy atom. The second-order valence-electron chi connectivity index (χ2n) is 2.73. The fourth-order valence-electron chi connectivity index (χ4n) is 1.09. The fraction of sp³-hybridized carbons (Fsp3) is 0.100. The smallest absolute Gasteiger partial charge is 0.287 e. The van der Waals surface area contributed by atoms with Gasteiger partial charge in [0, 0.05) is 6.07 Å². The lowest BCUT2D eigenvalue weighted by atomic mass is 10.1. The number of aliphatic hydroxyl groups excluding tert-OH is 1. The van der Waals surface area contributed by atoms with Crippen molar-refractivity contribution in [1.82, 2.24) is 0 Å². The van der Waals surface area contributed by atoms with Crippen molar-refractivity contribution in [3.63, 3.8) is 0 Å². The van der Waals surface area contributed by atoms with Crippen LogP contribution in [0, 0.1) is 21.4 Å². The molecule has 1 N–H and O–H groups in total. The van der Waals surface area contributed by atoms with Crippen LogP contribution in [-0.2, 0) is 0 Å². The Morgan fingerprint density at radius 3 is 2.87 bits per heavy atom. The SMILES string of the molecule is N#Cc1ccc(C=CCO)cc1[N+](=O)[O-]. The van der Waals surface area contributed by atoms with Crippen LogP contribution in [0.25, 0.3) is 6.08 Å². The van der Waals surface area contributed by atoms with Gasteiger partial charge < -0.3 is 5.11 Å². The standard InChI is InChI=1S/C10H8N2O3/c11-7-9-4-3-8(2-1-5-13)6-10(9)12(14)15/h1-4,6,13H,5H2. The number of hydrogen-bond acceptors (Lipinski definition) is 4. The molecule has 0 heterocycles. The van der Waals surface area contributed by atoms with Gasteiger partial charge in [0.25, 0.3) is 5.69 Å². The summed E-state index contributed by atoms with van der Waals surface area (Å²) in [7, 11) is 0. The fourth-order valence-corrected chi connectivity index (χ4v) is 1.09. The van der Waals surface area contributed by atoms with E-state index in [9.17, 15) is 10.1 Å². The molecule has 76 valence electrons. The zero-order valence-electron chi connectivity index (χ0n) is 7.75. The minimum atomic E-state index is -0.602. The minimum absolute atomic E-state index is 0.0288. The highest BCUT2D eigenvalue weighted by molar-refractivity contribution is 5.59. The first kappa shape index (κ1) is 10.9. The van der Waals surface area contributed by atoms with E-state index in [1.807, 2.05) is 0 Å². The summed E-state index contributed by atoms with van der Waals surface area (Å²) in [6, 6.07) is 6.01. The minimum Gasteiger partial charge on any atom is -0.392 e. The molecule has 0 unspecified atom stereocenters. The summed E-state index contributed by atoms with van der Waals surface area (Å²) < 4.78 is 0. The molecule has 15 heavy (non-hydrogen) atoms. The van der Waals surface area contributed by atoms with E-state index in [4.69, 9.17) is 10.4 Å². The Kier molecular flexibility index (Phi) is 3.55. The van der Waals surface area contributed by atoms with E-state index >= 15 is 0 Å². The van der Waals surface area contributed by atoms with Crippen molar-refractivity contribution in [2.45, 2.75) is 0 Å². The van der Waals surface area contributed by atoms with Crippen molar-refractivity contribution >= 4 is 11.8 Å². The molecular weight excluding hydrogens is 196 g/mol. The Labute approximate surface area is 86.0 Å². The predicted molar refractivity (Wildman–Crippen MR) is 53.9 cm³/mol. The van der Waals surface area contributed by atoms with Crippen LogP contribution in [0.3, 0.4) is 0 Å². The van der Waals surface area contributed by atoms with E-state index in [0.717, 1.165) is 0 Å². The second kappa shape index (κ2) is 4.88. The quantitative estimate of drug-likeness (QED) is 0.596. The van der Waals surface area contributed by atoms with Gasteiger partial charge in [-0.3, -0.25) is 10.1 Å². The highest BCUT2D eigenvalue weighted by atomic mass is 16.6. The van der Waals surface area contributed by atoms with E-state index in [0.29, 0.717) is 5.56 Å². The maximum Gasteiger partial charge on any atom is 0.287 e. The first-order valence-corrected chi connectivity index (χ1v) is 4.15. The number of nitro benzene ring substituents is 1. The van der Waals surface area contributed by atoms with Crippen LogP contribution in [-0.4, -0.2) is 16.6 Å². The zero-order chi connectivity index (χ0) is 11.3. The van der Waals surface area contributed by atoms with Crippen LogP contribution in [0.2, 0.25) is 0 Å². The maximum atomic E-state index is 10.6. The van der Waals surface area contributed by atoms with Crippen LogP contribution >= 0.6 is 0 Å². The molecule has 0 aromatic heterocycles. The summed E-state index contributed by atoms with van der Waals surface area (Å²) >= 11 is 0. The lowest BCUT2D eigenvalue weighted by Crippen LogP contribution is -1.92. The molecule has 0 atom stereocenters. The topological polar surface area (TPSA) is 87.2 Å². The van der Waals surface area contributed by atoms with Crippen molar-refractivity contribution in [2.75, 3.05) is 6.61 Å². The Balaban J connectivity index is 3.17. The normalized spacial score (nSPS) is 10.1. The van der Waals surface area contributed by atoms with E-state index in [1.54, 1.807) is 18.2 Å². The summed E-state index contributed by atoms with van der Waals surface area (Å²) in [6.45, 7) is -0.131. The van der Waals surface area contributed by atoms with Gasteiger partial charge in [-0.1, -0.05) is 18.2 Å². The molecule has 5 nitrogen and oxygen atoms in total. The number of nitriles is 1. The van der Waals surface area contributed by atoms with E-state index in [-0.39, 0.29) is 17.9 Å². The van der Waals surface area contributed by atoms with Gasteiger partial charge in [-0.05, 0) is 11.6 Å². The van der Waals surface area contributed by atoms with Crippen molar-refractivity contribution < 1.29 is 10.0 Å². The van der Waals surface area contributed by atoms with Gasteiger partial charge in [0.15, 0.2) is 0 Å². The van der Waals surface area contributed by atoms with Crippen LogP contribution in [0.1, 0.15) is 11.1 Å². The first-order chi connectivity index (χ1) is 7.19. The molecule has 0 spiro atoms. The largest absolute Gasteiger partial charge is 0.392 e. The third-order valence-corrected chi connectivity index (χ3v) is 1.75. The number of aliphatic hydroxyl groups is 1. The lowest BCUT2D eigenvalue weighted by molar-refractivity contribution is -0.385. The van der Waals surface area contributed by atoms with Crippen LogP contribution < -0.4 is 0 Å². The Hall–Kier alpha value is -2.19. The number of rotatable bonds is 3. The van der Waals surface area contributed by atoms with Crippen LogP contribution in [0.5, 0.6) is 0 Å². The summed E-state index contributed by atoms with van der Waals surface area (Å²) in [5, 5.41) is 27.7. The number of nitrogens with zero attached hydrogens (tertiary/aromatic N) is 2. The molecule has 0 amide bonds. The molecule has 1 aromatic rings. The van der Waals surface area contributed by atoms with Crippen molar-refractivity contribution in [1.29, 1.82) is 5.26 Å². The molecule has 0 aliphatic rings. The number of hydrogen-bond donors (Lipinski definition) is 1. The van der Waals surface area contributed by atoms with Gasteiger partial charge in [-0.15, -0.1) is 0 Å². The number of nitro groups is 1. The molecule has 1 rings (SSSR count). The van der Waals surface area contributed by atoms with E-state index in [2.05, 4.69) is 0 Å². The molecule has 0 aliphatic heterocycles. The molecule has 0 radical (unpaired) electrons. The highest BCUT2D eigenvalue weighted by Gasteiger charge is 2.12. The van der Waals surface area contributed by atoms with Crippen LogP contribution in [0.4, 0.5) is 5.69 Å². The molecule has 0 saturated heterocycles. The van der Waals surface area contributed by atoms with Gasteiger partial charge in [-0.25, -0.2) is 0 Å². The summed E-state index contributed by atoms with van der Waals surface area (Å²) in [4.78, 5) is 9.99. The zero-order valence-corrected chi connectivity index (χ0v) is 7.75. The molecular formula is C10H8N2O3. The van der Waals surface area contributed by atoms with Crippen LogP contribution in [0.15, 0.2) is 24.3 Å². The predicted octanol–water partition coefficient (Wildman–Crippen LogP) is 1.47. The summed E-state index contributed by atoms with van der Waals surface area (Å²) in [6.07, 6.45) is 3.01. The van der Waals surface area contributed by atoms with Gasteiger partial charge >= 0.3 is 0 Å². The second-order valence-corrected chi connectivity index (χ2v) is 2.73. The lowest BCUT2D eigenvalue weighted by Gasteiger charge is -1.96. The molecule has 0 aliphatic carbocycles. The Morgan fingerprint density at radius 2 is 2.33 bits per heavy atom. The maximum absolute atomic E-state index is 10.6. The molecule has 0 bridgehead atoms. The van der Waals surface area contributed by atoms with Gasteiger partial charge in [0.2, 0.25) is 0 Å². The third-order valence-electron chi connectivity index (χ3n) is 1.75. The molecule has 1 aromatic carbocycles.